The van der Waals surface area contributed by atoms with Crippen molar-refractivity contribution in [3.05, 3.63) is 35.4 Å². The second-order valence-corrected chi connectivity index (χ2v) is 4.27. The van der Waals surface area contributed by atoms with Crippen molar-refractivity contribution >= 4 is 6.21 Å². The fourth-order valence-corrected chi connectivity index (χ4v) is 2.01. The van der Waals surface area contributed by atoms with Crippen LogP contribution in [-0.4, -0.2) is 12.3 Å². The van der Waals surface area contributed by atoms with E-state index in [4.69, 9.17) is 4.84 Å². The van der Waals surface area contributed by atoms with E-state index in [9.17, 15) is 0 Å². The summed E-state index contributed by atoms with van der Waals surface area (Å²) in [4.78, 5) is 5.39. The maximum atomic E-state index is 5.39. The van der Waals surface area contributed by atoms with Gasteiger partial charge in [0.25, 0.3) is 0 Å². The van der Waals surface area contributed by atoms with Crippen molar-refractivity contribution in [3.8, 4) is 0 Å². The fourth-order valence-electron chi connectivity index (χ4n) is 2.01. The Morgan fingerprint density at radius 2 is 2.19 bits per heavy atom. The molecule has 0 amide bonds. The molecule has 0 aromatic heterocycles. The van der Waals surface area contributed by atoms with Crippen LogP contribution in [0.4, 0.5) is 0 Å². The Balaban J connectivity index is 1.89. The van der Waals surface area contributed by atoms with Gasteiger partial charge in [-0.25, -0.2) is 0 Å². The Hall–Kier alpha value is -1.31. The van der Waals surface area contributed by atoms with Gasteiger partial charge in [0, 0.05) is 5.56 Å². The Kier molecular flexibility index (Phi) is 3.97. The van der Waals surface area contributed by atoms with Gasteiger partial charge in [0.05, 0.1) is 0 Å². The predicted octanol–water partition coefficient (Wildman–Crippen LogP) is 3.42. The molecule has 0 saturated heterocycles. The average Bonchev–Trinajstić information content (AvgIpc) is 2.82. The lowest BCUT2D eigenvalue weighted by Gasteiger charge is -2.04. The molecular weight excluding hydrogens is 198 g/mol. The summed E-state index contributed by atoms with van der Waals surface area (Å²) in [5.74, 6) is 0. The molecule has 1 aromatic rings. The van der Waals surface area contributed by atoms with E-state index >= 15 is 0 Å². The van der Waals surface area contributed by atoms with Gasteiger partial charge in [-0.05, 0) is 43.7 Å². The molecule has 16 heavy (non-hydrogen) atoms. The third-order valence-electron chi connectivity index (χ3n) is 3.01. The van der Waals surface area contributed by atoms with Crippen LogP contribution in [-0.2, 0) is 11.3 Å². The zero-order valence-corrected chi connectivity index (χ0v) is 9.78. The maximum Gasteiger partial charge on any atom is 0.139 e. The molecule has 0 bridgehead atoms. The van der Waals surface area contributed by atoms with E-state index in [0.29, 0.717) is 6.10 Å². The minimum Gasteiger partial charge on any atom is -0.392 e. The lowest BCUT2D eigenvalue weighted by atomic mass is 10.1. The van der Waals surface area contributed by atoms with E-state index in [1.54, 1.807) is 0 Å². The predicted molar refractivity (Wildman–Crippen MR) is 65.7 cm³/mol. The van der Waals surface area contributed by atoms with Crippen molar-refractivity contribution in [1.82, 2.24) is 0 Å². The molecule has 2 rings (SSSR count). The fraction of sp³-hybridized carbons (Fsp3) is 0.500. The van der Waals surface area contributed by atoms with Gasteiger partial charge in [0.15, 0.2) is 0 Å². The van der Waals surface area contributed by atoms with Crippen LogP contribution in [0, 0.1) is 0 Å². The van der Waals surface area contributed by atoms with Crippen molar-refractivity contribution in [2.75, 3.05) is 0 Å². The van der Waals surface area contributed by atoms with Crippen LogP contribution >= 0.6 is 0 Å². The number of benzene rings is 1. The van der Waals surface area contributed by atoms with Gasteiger partial charge in [0.1, 0.15) is 12.3 Å². The van der Waals surface area contributed by atoms with Crippen LogP contribution in [0.5, 0.6) is 0 Å². The van der Waals surface area contributed by atoms with Gasteiger partial charge in [-0.2, -0.15) is 0 Å². The number of hydrogen-bond acceptors (Lipinski definition) is 2. The zero-order chi connectivity index (χ0) is 11.2. The largest absolute Gasteiger partial charge is 0.392 e. The van der Waals surface area contributed by atoms with E-state index < -0.39 is 0 Å². The van der Waals surface area contributed by atoms with Crippen LogP contribution in [0.3, 0.4) is 0 Å². The van der Waals surface area contributed by atoms with Crippen LogP contribution < -0.4 is 0 Å². The lowest BCUT2D eigenvalue weighted by Crippen LogP contribution is -2.02. The van der Waals surface area contributed by atoms with Crippen molar-refractivity contribution in [2.45, 2.75) is 45.1 Å². The first-order chi connectivity index (χ1) is 7.88. The third kappa shape index (κ3) is 3.09. The molecule has 0 aliphatic heterocycles. The highest BCUT2D eigenvalue weighted by atomic mass is 16.6. The monoisotopic (exact) mass is 216 g/mol. The van der Waals surface area contributed by atoms with E-state index in [1.807, 2.05) is 12.1 Å². The van der Waals surface area contributed by atoms with Crippen LogP contribution in [0.15, 0.2) is 29.4 Å². The van der Waals surface area contributed by atoms with Gasteiger partial charge in [-0.1, -0.05) is 30.3 Å². The minimum atomic E-state index is 0.321. The number of hydrogen-bond donors (Lipinski definition) is 0. The number of rotatable bonds is 4. The van der Waals surface area contributed by atoms with Crippen molar-refractivity contribution < 1.29 is 4.84 Å². The molecule has 1 radical (unpaired) electrons. The average molecular weight is 216 g/mol. The van der Waals surface area contributed by atoms with Crippen molar-refractivity contribution in [2.24, 2.45) is 5.16 Å². The van der Waals surface area contributed by atoms with Gasteiger partial charge in [-0.3, -0.25) is 0 Å². The molecule has 0 N–H and O–H groups in total. The molecule has 0 unspecified atom stereocenters. The van der Waals surface area contributed by atoms with Crippen molar-refractivity contribution in [3.63, 3.8) is 0 Å². The summed E-state index contributed by atoms with van der Waals surface area (Å²) in [6, 6.07) is 8.25. The smallest absolute Gasteiger partial charge is 0.139 e. The first-order valence-corrected chi connectivity index (χ1v) is 6.09. The third-order valence-corrected chi connectivity index (χ3v) is 3.01. The van der Waals surface area contributed by atoms with E-state index in [-0.39, 0.29) is 0 Å². The van der Waals surface area contributed by atoms with E-state index in [0.717, 1.165) is 24.8 Å². The molecule has 0 atom stereocenters. The molecule has 85 valence electrons. The SMILES string of the molecule is CCc1cccc(/[C]=N/OC2CCCC2)c1. The Morgan fingerprint density at radius 1 is 1.38 bits per heavy atom. The molecule has 0 spiro atoms. The summed E-state index contributed by atoms with van der Waals surface area (Å²) in [7, 11) is 0. The summed E-state index contributed by atoms with van der Waals surface area (Å²) in [5.41, 5.74) is 2.30. The van der Waals surface area contributed by atoms with E-state index in [2.05, 4.69) is 30.4 Å². The van der Waals surface area contributed by atoms with Gasteiger partial charge in [-0.15, -0.1) is 0 Å². The normalized spacial score (nSPS) is 17.1. The first-order valence-electron chi connectivity index (χ1n) is 6.09. The molecular formula is C14H18NO. The Labute approximate surface area is 97.3 Å². The first kappa shape index (κ1) is 11.2. The van der Waals surface area contributed by atoms with Gasteiger partial charge < -0.3 is 4.84 Å². The van der Waals surface area contributed by atoms with Crippen LogP contribution in [0.1, 0.15) is 43.7 Å². The summed E-state index contributed by atoms with van der Waals surface area (Å²) in [6.07, 6.45) is 9.13. The van der Waals surface area contributed by atoms with Gasteiger partial charge in [0.2, 0.25) is 0 Å². The minimum absolute atomic E-state index is 0.321. The second-order valence-electron chi connectivity index (χ2n) is 4.27. The van der Waals surface area contributed by atoms with Gasteiger partial charge >= 0.3 is 0 Å². The summed E-state index contributed by atoms with van der Waals surface area (Å²) >= 11 is 0. The topological polar surface area (TPSA) is 21.6 Å². The molecule has 1 aliphatic carbocycles. The summed E-state index contributed by atoms with van der Waals surface area (Å²) < 4.78 is 0. The van der Waals surface area contributed by atoms with Crippen LogP contribution in [0.2, 0.25) is 0 Å². The molecule has 1 fully saturated rings. The van der Waals surface area contributed by atoms with Crippen LogP contribution in [0.25, 0.3) is 0 Å². The molecule has 1 saturated carbocycles. The zero-order valence-electron chi connectivity index (χ0n) is 9.78. The molecule has 1 aromatic carbocycles. The van der Waals surface area contributed by atoms with E-state index in [1.165, 1.54) is 18.4 Å². The molecule has 2 heteroatoms. The Bertz CT molecular complexity index is 354. The van der Waals surface area contributed by atoms with Crippen molar-refractivity contribution in [1.29, 1.82) is 0 Å². The highest BCUT2D eigenvalue weighted by molar-refractivity contribution is 5.79. The standard InChI is InChI=1S/C14H18NO/c1-2-12-6-5-7-13(10-12)11-15-16-14-8-3-4-9-14/h5-7,10,14H,2-4,8-9H2,1H3. The highest BCUT2D eigenvalue weighted by Crippen LogP contribution is 2.20. The Morgan fingerprint density at radius 3 is 2.94 bits per heavy atom. The highest BCUT2D eigenvalue weighted by Gasteiger charge is 2.15. The lowest BCUT2D eigenvalue weighted by molar-refractivity contribution is 0.0657. The molecule has 1 aliphatic rings. The second kappa shape index (κ2) is 5.69. The number of nitrogens with zero attached hydrogens (tertiary/aromatic N) is 1. The summed E-state index contributed by atoms with van der Waals surface area (Å²) in [6.45, 7) is 2.14. The molecule has 2 nitrogen and oxygen atoms in total. The maximum absolute atomic E-state index is 5.39. The summed E-state index contributed by atoms with van der Waals surface area (Å²) in [5, 5.41) is 3.95. The quantitative estimate of drug-likeness (QED) is 0.558. The molecule has 0 heterocycles. The number of aryl methyl sites for hydroxylation is 1.